The van der Waals surface area contributed by atoms with Gasteiger partial charge in [-0.05, 0) is 31.7 Å². The molecule has 0 atom stereocenters. The van der Waals surface area contributed by atoms with Crippen LogP contribution in [0.2, 0.25) is 0 Å². The quantitative estimate of drug-likeness (QED) is 0.820. The summed E-state index contributed by atoms with van der Waals surface area (Å²) in [7, 11) is 0. The molecule has 3 N–H and O–H groups in total. The highest BCUT2D eigenvalue weighted by Crippen LogP contribution is 2.40. The number of hydrogen-bond acceptors (Lipinski definition) is 5. The van der Waals surface area contributed by atoms with Gasteiger partial charge in [0.15, 0.2) is 5.78 Å². The average Bonchev–Trinajstić information content (AvgIpc) is 3.13. The van der Waals surface area contributed by atoms with E-state index in [9.17, 15) is 9.90 Å². The van der Waals surface area contributed by atoms with Gasteiger partial charge in [0.1, 0.15) is 0 Å². The number of carbonyl (C=O) groups is 1. The first-order chi connectivity index (χ1) is 8.65. The third-order valence-corrected chi connectivity index (χ3v) is 4.92. The van der Waals surface area contributed by atoms with Crippen molar-refractivity contribution in [2.75, 3.05) is 23.7 Å². The Morgan fingerprint density at radius 2 is 2.00 bits per heavy atom. The molecule has 98 valence electrons. The van der Waals surface area contributed by atoms with Gasteiger partial charge in [-0.2, -0.15) is 0 Å². The molecule has 4 nitrogen and oxygen atoms in total. The molecule has 1 aromatic rings. The number of ketones is 1. The standard InChI is InChI=1S/C13H18N2O2S/c14-10-7-11(15-5-3-9(16)4-6-15)18-13(10)12(17)8-1-2-8/h7-9,16H,1-6,14H2. The first-order valence-electron chi connectivity index (χ1n) is 6.51. The lowest BCUT2D eigenvalue weighted by atomic mass is 10.1. The molecule has 0 radical (unpaired) electrons. The topological polar surface area (TPSA) is 66.6 Å². The SMILES string of the molecule is Nc1cc(N2CCC(O)CC2)sc1C(=O)C1CC1. The lowest BCUT2D eigenvalue weighted by molar-refractivity contribution is 0.0972. The van der Waals surface area contributed by atoms with Gasteiger partial charge in [0.05, 0.1) is 21.7 Å². The van der Waals surface area contributed by atoms with Crippen molar-refractivity contribution in [2.24, 2.45) is 5.92 Å². The lowest BCUT2D eigenvalue weighted by Crippen LogP contribution is -2.35. The third-order valence-electron chi connectivity index (χ3n) is 3.70. The van der Waals surface area contributed by atoms with E-state index in [0.29, 0.717) is 5.69 Å². The van der Waals surface area contributed by atoms with Gasteiger partial charge in [-0.15, -0.1) is 11.3 Å². The number of anilines is 2. The van der Waals surface area contributed by atoms with E-state index in [1.165, 1.54) is 11.3 Å². The largest absolute Gasteiger partial charge is 0.397 e. The zero-order valence-electron chi connectivity index (χ0n) is 10.3. The molecule has 1 aliphatic carbocycles. The van der Waals surface area contributed by atoms with E-state index in [2.05, 4.69) is 4.90 Å². The number of thiophene rings is 1. The molecule has 5 heteroatoms. The molecular formula is C13H18N2O2S. The van der Waals surface area contributed by atoms with E-state index in [0.717, 1.165) is 48.7 Å². The summed E-state index contributed by atoms with van der Waals surface area (Å²) in [6, 6.07) is 1.91. The van der Waals surface area contributed by atoms with Crippen LogP contribution in [0, 0.1) is 5.92 Å². The summed E-state index contributed by atoms with van der Waals surface area (Å²) in [5, 5.41) is 10.6. The highest BCUT2D eigenvalue weighted by Gasteiger charge is 2.33. The first-order valence-corrected chi connectivity index (χ1v) is 7.33. The number of carbonyl (C=O) groups excluding carboxylic acids is 1. The van der Waals surface area contributed by atoms with Gasteiger partial charge in [0.25, 0.3) is 0 Å². The van der Waals surface area contributed by atoms with Gasteiger partial charge in [-0.1, -0.05) is 0 Å². The van der Waals surface area contributed by atoms with E-state index < -0.39 is 0 Å². The highest BCUT2D eigenvalue weighted by atomic mass is 32.1. The fourth-order valence-electron chi connectivity index (χ4n) is 2.36. The van der Waals surface area contributed by atoms with Crippen LogP contribution in [0.3, 0.4) is 0 Å². The summed E-state index contributed by atoms with van der Waals surface area (Å²) in [6.07, 6.45) is 3.45. The second-order valence-electron chi connectivity index (χ2n) is 5.23. The molecule has 1 saturated carbocycles. The molecule has 0 spiro atoms. The summed E-state index contributed by atoms with van der Waals surface area (Å²) in [5.74, 6) is 0.447. The van der Waals surface area contributed by atoms with Crippen LogP contribution in [-0.4, -0.2) is 30.1 Å². The minimum absolute atomic E-state index is 0.175. The number of rotatable bonds is 3. The van der Waals surface area contributed by atoms with Gasteiger partial charge in [-0.25, -0.2) is 0 Å². The van der Waals surface area contributed by atoms with Crippen LogP contribution in [-0.2, 0) is 0 Å². The van der Waals surface area contributed by atoms with Gasteiger partial charge in [0.2, 0.25) is 0 Å². The molecule has 1 aliphatic heterocycles. The number of nitrogens with zero attached hydrogens (tertiary/aromatic N) is 1. The molecular weight excluding hydrogens is 248 g/mol. The fraction of sp³-hybridized carbons (Fsp3) is 0.615. The number of aliphatic hydroxyl groups is 1. The predicted molar refractivity (Wildman–Crippen MR) is 73.2 cm³/mol. The van der Waals surface area contributed by atoms with Crippen molar-refractivity contribution in [1.29, 1.82) is 0 Å². The van der Waals surface area contributed by atoms with E-state index >= 15 is 0 Å². The van der Waals surface area contributed by atoms with Crippen LogP contribution >= 0.6 is 11.3 Å². The minimum atomic E-state index is -0.175. The molecule has 2 fully saturated rings. The summed E-state index contributed by atoms with van der Waals surface area (Å²) in [4.78, 5) is 15.0. The molecule has 0 unspecified atom stereocenters. The van der Waals surface area contributed by atoms with Gasteiger partial charge in [0, 0.05) is 19.0 Å². The number of nitrogen functional groups attached to an aromatic ring is 1. The number of nitrogens with two attached hydrogens (primary N) is 1. The van der Waals surface area contributed by atoms with Crippen LogP contribution in [0.25, 0.3) is 0 Å². The summed E-state index contributed by atoms with van der Waals surface area (Å²) < 4.78 is 0. The molecule has 1 aromatic heterocycles. The maximum Gasteiger partial charge on any atom is 0.178 e. The maximum absolute atomic E-state index is 12.0. The molecule has 2 aliphatic rings. The molecule has 0 bridgehead atoms. The van der Waals surface area contributed by atoms with Crippen molar-refractivity contribution in [2.45, 2.75) is 31.8 Å². The Bertz CT molecular complexity index is 460. The summed E-state index contributed by atoms with van der Waals surface area (Å²) in [6.45, 7) is 1.69. The summed E-state index contributed by atoms with van der Waals surface area (Å²) >= 11 is 1.51. The lowest BCUT2D eigenvalue weighted by Gasteiger charge is -2.30. The van der Waals surface area contributed by atoms with Gasteiger partial charge >= 0.3 is 0 Å². The molecule has 1 saturated heterocycles. The monoisotopic (exact) mass is 266 g/mol. The van der Waals surface area contributed by atoms with Crippen molar-refractivity contribution < 1.29 is 9.90 Å². The molecule has 0 aromatic carbocycles. The second kappa shape index (κ2) is 4.55. The van der Waals surface area contributed by atoms with Gasteiger partial charge < -0.3 is 15.7 Å². The smallest absolute Gasteiger partial charge is 0.178 e. The maximum atomic E-state index is 12.0. The Morgan fingerprint density at radius 3 is 2.61 bits per heavy atom. The highest BCUT2D eigenvalue weighted by molar-refractivity contribution is 7.18. The van der Waals surface area contributed by atoms with E-state index in [4.69, 9.17) is 5.73 Å². The zero-order valence-corrected chi connectivity index (χ0v) is 11.1. The normalized spacial score (nSPS) is 21.3. The van der Waals surface area contributed by atoms with Gasteiger partial charge in [-0.3, -0.25) is 4.79 Å². The van der Waals surface area contributed by atoms with Crippen molar-refractivity contribution in [1.82, 2.24) is 0 Å². The molecule has 3 rings (SSSR count). The Labute approximate surface area is 110 Å². The van der Waals surface area contributed by atoms with Crippen molar-refractivity contribution >= 4 is 27.8 Å². The van der Waals surface area contributed by atoms with Crippen molar-refractivity contribution in [3.63, 3.8) is 0 Å². The Kier molecular flexibility index (Phi) is 3.03. The second-order valence-corrected chi connectivity index (χ2v) is 6.26. The van der Waals surface area contributed by atoms with Crippen LogP contribution in [0.1, 0.15) is 35.4 Å². The van der Waals surface area contributed by atoms with E-state index in [1.54, 1.807) is 0 Å². The minimum Gasteiger partial charge on any atom is -0.397 e. The van der Waals surface area contributed by atoms with Crippen LogP contribution in [0.4, 0.5) is 10.7 Å². The molecule has 18 heavy (non-hydrogen) atoms. The Hall–Kier alpha value is -1.07. The van der Waals surface area contributed by atoms with Crippen LogP contribution in [0.15, 0.2) is 6.07 Å². The van der Waals surface area contributed by atoms with Crippen LogP contribution < -0.4 is 10.6 Å². The van der Waals surface area contributed by atoms with Crippen molar-refractivity contribution in [3.05, 3.63) is 10.9 Å². The average molecular weight is 266 g/mol. The fourth-order valence-corrected chi connectivity index (χ4v) is 3.51. The number of piperidine rings is 1. The van der Waals surface area contributed by atoms with E-state index in [1.807, 2.05) is 6.07 Å². The Balaban J connectivity index is 1.77. The molecule has 2 heterocycles. The summed E-state index contributed by atoms with van der Waals surface area (Å²) in [5.41, 5.74) is 6.58. The third kappa shape index (κ3) is 2.24. The predicted octanol–water partition coefficient (Wildman–Crippen LogP) is 1.88. The number of Topliss-reactive ketones (excluding diaryl/α,β-unsaturated/α-hetero) is 1. The number of hydrogen-bond donors (Lipinski definition) is 2. The number of aliphatic hydroxyl groups excluding tert-OH is 1. The Morgan fingerprint density at radius 1 is 1.33 bits per heavy atom. The first kappa shape index (κ1) is 12.0. The zero-order chi connectivity index (χ0) is 12.7. The van der Waals surface area contributed by atoms with Crippen molar-refractivity contribution in [3.8, 4) is 0 Å². The van der Waals surface area contributed by atoms with Crippen LogP contribution in [0.5, 0.6) is 0 Å². The van der Waals surface area contributed by atoms with E-state index in [-0.39, 0.29) is 17.8 Å². The molecule has 0 amide bonds.